The first-order chi connectivity index (χ1) is 12.5. The molecular formula is C22H42O4. The zero-order valence-electron chi connectivity index (χ0n) is 17.2. The second kappa shape index (κ2) is 17.4. The van der Waals surface area contributed by atoms with Crippen LogP contribution in [0.15, 0.2) is 0 Å². The first kappa shape index (κ1) is 24.9. The normalized spacial score (nSPS) is 13.5. The molecule has 26 heavy (non-hydrogen) atoms. The topological polar surface area (TPSA) is 74.6 Å². The molecule has 0 rings (SSSR count). The van der Waals surface area contributed by atoms with E-state index in [-0.39, 0.29) is 11.8 Å². The van der Waals surface area contributed by atoms with Crippen LogP contribution in [0, 0.1) is 11.8 Å². The van der Waals surface area contributed by atoms with E-state index >= 15 is 0 Å². The maximum Gasteiger partial charge on any atom is 0.306 e. The molecule has 0 saturated heterocycles. The Hall–Kier alpha value is -1.06. The maximum atomic E-state index is 11.5. The largest absolute Gasteiger partial charge is 0.481 e. The van der Waals surface area contributed by atoms with Crippen LogP contribution in [-0.2, 0) is 9.59 Å². The lowest BCUT2D eigenvalue weighted by Crippen LogP contribution is -2.19. The lowest BCUT2D eigenvalue weighted by Gasteiger charge is -2.16. The molecule has 0 aromatic rings. The summed E-state index contributed by atoms with van der Waals surface area (Å²) in [6.45, 7) is 4.37. The second-order valence-electron chi connectivity index (χ2n) is 7.76. The fraction of sp³-hybridized carbons (Fsp3) is 0.909. The Labute approximate surface area is 160 Å². The lowest BCUT2D eigenvalue weighted by atomic mass is 9.89. The van der Waals surface area contributed by atoms with E-state index in [2.05, 4.69) is 13.8 Å². The number of carbonyl (C=O) groups is 2. The molecule has 0 heterocycles. The minimum absolute atomic E-state index is 0.382. The molecule has 0 aromatic heterocycles. The minimum atomic E-state index is -0.762. The number of aliphatic carboxylic acids is 2. The van der Waals surface area contributed by atoms with Crippen LogP contribution in [0.2, 0.25) is 0 Å². The van der Waals surface area contributed by atoms with Crippen molar-refractivity contribution in [1.82, 2.24) is 0 Å². The van der Waals surface area contributed by atoms with E-state index in [1.807, 2.05) is 0 Å². The summed E-state index contributed by atoms with van der Waals surface area (Å²) in [4.78, 5) is 22.9. The van der Waals surface area contributed by atoms with E-state index in [1.165, 1.54) is 51.4 Å². The van der Waals surface area contributed by atoms with Gasteiger partial charge in [-0.1, -0.05) is 90.9 Å². The van der Waals surface area contributed by atoms with Gasteiger partial charge in [0.15, 0.2) is 0 Å². The van der Waals surface area contributed by atoms with E-state index in [1.54, 1.807) is 0 Å². The molecule has 4 heteroatoms. The predicted molar refractivity (Wildman–Crippen MR) is 107 cm³/mol. The number of carboxylic acid groups (broad SMARTS) is 2. The van der Waals surface area contributed by atoms with Crippen LogP contribution in [0.4, 0.5) is 0 Å². The second-order valence-corrected chi connectivity index (χ2v) is 7.76. The highest BCUT2D eigenvalue weighted by molar-refractivity contribution is 5.71. The summed E-state index contributed by atoms with van der Waals surface area (Å²) in [5.74, 6) is -2.29. The Bertz CT molecular complexity index is 320. The van der Waals surface area contributed by atoms with Crippen molar-refractivity contribution in [2.75, 3.05) is 0 Å². The van der Waals surface area contributed by atoms with Crippen molar-refractivity contribution in [3.8, 4) is 0 Å². The van der Waals surface area contributed by atoms with Gasteiger partial charge >= 0.3 is 11.9 Å². The van der Waals surface area contributed by atoms with Crippen molar-refractivity contribution in [2.24, 2.45) is 11.8 Å². The Morgan fingerprint density at radius 1 is 0.538 bits per heavy atom. The number of rotatable bonds is 19. The summed E-state index contributed by atoms with van der Waals surface area (Å²) in [5.41, 5.74) is 0. The van der Waals surface area contributed by atoms with Gasteiger partial charge in [-0.3, -0.25) is 9.59 Å². The summed E-state index contributed by atoms with van der Waals surface area (Å²) in [6.07, 6.45) is 16.2. The van der Waals surface area contributed by atoms with Crippen LogP contribution in [-0.4, -0.2) is 22.2 Å². The molecular weight excluding hydrogens is 328 g/mol. The lowest BCUT2D eigenvalue weighted by molar-refractivity contribution is -0.145. The van der Waals surface area contributed by atoms with Gasteiger partial charge in [0.05, 0.1) is 11.8 Å². The summed E-state index contributed by atoms with van der Waals surface area (Å²) in [6, 6.07) is 0. The molecule has 0 amide bonds. The first-order valence-corrected chi connectivity index (χ1v) is 11.0. The Morgan fingerprint density at radius 3 is 1.15 bits per heavy atom. The number of unbranched alkanes of at least 4 members (excludes halogenated alkanes) is 10. The van der Waals surface area contributed by atoms with Gasteiger partial charge in [0.25, 0.3) is 0 Å². The van der Waals surface area contributed by atoms with E-state index < -0.39 is 11.9 Å². The molecule has 2 unspecified atom stereocenters. The van der Waals surface area contributed by atoms with Crippen LogP contribution in [0.1, 0.15) is 117 Å². The number of hydrogen-bond acceptors (Lipinski definition) is 2. The third-order valence-electron chi connectivity index (χ3n) is 5.37. The van der Waals surface area contributed by atoms with Gasteiger partial charge in [0.2, 0.25) is 0 Å². The average Bonchev–Trinajstić information content (AvgIpc) is 2.60. The summed E-state index contributed by atoms with van der Waals surface area (Å²) >= 11 is 0. The minimum Gasteiger partial charge on any atom is -0.481 e. The van der Waals surface area contributed by atoms with Gasteiger partial charge in [-0.05, 0) is 25.7 Å². The highest BCUT2D eigenvalue weighted by Crippen LogP contribution is 2.23. The summed E-state index contributed by atoms with van der Waals surface area (Å²) in [7, 11) is 0. The summed E-state index contributed by atoms with van der Waals surface area (Å²) < 4.78 is 0. The van der Waals surface area contributed by atoms with Crippen LogP contribution in [0.25, 0.3) is 0 Å². The first-order valence-electron chi connectivity index (χ1n) is 11.0. The predicted octanol–water partition coefficient (Wildman–Crippen LogP) is 6.67. The van der Waals surface area contributed by atoms with Crippen LogP contribution >= 0.6 is 0 Å². The third kappa shape index (κ3) is 14.1. The molecule has 4 nitrogen and oxygen atoms in total. The molecule has 2 N–H and O–H groups in total. The molecule has 0 aliphatic heterocycles. The third-order valence-corrected chi connectivity index (χ3v) is 5.37. The zero-order chi connectivity index (χ0) is 19.6. The van der Waals surface area contributed by atoms with Gasteiger partial charge in [-0.15, -0.1) is 0 Å². The molecule has 154 valence electrons. The molecule has 0 aromatic carbocycles. The Kier molecular flexibility index (Phi) is 16.7. The fourth-order valence-electron chi connectivity index (χ4n) is 3.53. The Morgan fingerprint density at radius 2 is 0.846 bits per heavy atom. The van der Waals surface area contributed by atoms with Crippen molar-refractivity contribution < 1.29 is 19.8 Å². The van der Waals surface area contributed by atoms with Crippen molar-refractivity contribution in [3.63, 3.8) is 0 Å². The SMILES string of the molecule is CCCCCCCCC(CCC(CCCCCCCC)C(=O)O)C(=O)O. The number of carboxylic acids is 2. The quantitative estimate of drug-likeness (QED) is 0.249. The average molecular weight is 371 g/mol. The van der Waals surface area contributed by atoms with Gasteiger partial charge in [0, 0.05) is 0 Å². The van der Waals surface area contributed by atoms with Crippen molar-refractivity contribution in [1.29, 1.82) is 0 Å². The van der Waals surface area contributed by atoms with E-state index in [0.717, 1.165) is 25.7 Å². The van der Waals surface area contributed by atoms with Crippen molar-refractivity contribution in [3.05, 3.63) is 0 Å². The molecule has 0 radical (unpaired) electrons. The molecule has 0 aliphatic rings. The van der Waals surface area contributed by atoms with Crippen LogP contribution < -0.4 is 0 Å². The van der Waals surface area contributed by atoms with E-state index in [4.69, 9.17) is 0 Å². The molecule has 0 bridgehead atoms. The molecule has 0 spiro atoms. The molecule has 0 saturated carbocycles. The maximum absolute atomic E-state index is 11.5. The Balaban J connectivity index is 4.06. The smallest absolute Gasteiger partial charge is 0.306 e. The van der Waals surface area contributed by atoms with Gasteiger partial charge in [0.1, 0.15) is 0 Å². The van der Waals surface area contributed by atoms with Crippen LogP contribution in [0.3, 0.4) is 0 Å². The fourth-order valence-corrected chi connectivity index (χ4v) is 3.53. The number of hydrogen-bond donors (Lipinski definition) is 2. The van der Waals surface area contributed by atoms with Gasteiger partial charge < -0.3 is 10.2 Å². The standard InChI is InChI=1S/C22H42O4/c1-3-5-7-9-11-13-15-19(21(23)24)17-18-20(22(25)26)16-14-12-10-8-6-4-2/h19-20H,3-18H2,1-2H3,(H,23,24)(H,25,26). The van der Waals surface area contributed by atoms with Gasteiger partial charge in [-0.2, -0.15) is 0 Å². The molecule has 0 aliphatic carbocycles. The molecule has 2 atom stereocenters. The van der Waals surface area contributed by atoms with Crippen LogP contribution in [0.5, 0.6) is 0 Å². The molecule has 0 fully saturated rings. The van der Waals surface area contributed by atoms with E-state index in [9.17, 15) is 19.8 Å². The van der Waals surface area contributed by atoms with Gasteiger partial charge in [-0.25, -0.2) is 0 Å². The van der Waals surface area contributed by atoms with Crippen molar-refractivity contribution >= 4 is 11.9 Å². The highest BCUT2D eigenvalue weighted by Gasteiger charge is 2.22. The van der Waals surface area contributed by atoms with Crippen molar-refractivity contribution in [2.45, 2.75) is 117 Å². The monoisotopic (exact) mass is 370 g/mol. The van der Waals surface area contributed by atoms with E-state index in [0.29, 0.717) is 25.7 Å². The summed E-state index contributed by atoms with van der Waals surface area (Å²) in [5, 5.41) is 18.8. The highest BCUT2D eigenvalue weighted by atomic mass is 16.4. The zero-order valence-corrected chi connectivity index (χ0v) is 17.2.